The predicted molar refractivity (Wildman–Crippen MR) is 50.5 cm³/mol. The van der Waals surface area contributed by atoms with Crippen LogP contribution in [0.1, 0.15) is 32.6 Å². The molecule has 0 spiro atoms. The molecule has 0 saturated carbocycles. The van der Waals surface area contributed by atoms with Crippen LogP contribution in [-0.2, 0) is 12.8 Å². The minimum Gasteiger partial charge on any atom is -0.425 e. The zero-order chi connectivity index (χ0) is 9.68. The third-order valence-corrected chi connectivity index (χ3v) is 1.70. The molecule has 13 heavy (non-hydrogen) atoms. The van der Waals surface area contributed by atoms with Crippen LogP contribution in [0.5, 0.6) is 0 Å². The van der Waals surface area contributed by atoms with E-state index in [1.165, 1.54) is 0 Å². The van der Waals surface area contributed by atoms with E-state index in [0.717, 1.165) is 31.2 Å². The molecule has 0 atom stereocenters. The van der Waals surface area contributed by atoms with E-state index in [1.807, 2.05) is 6.92 Å². The van der Waals surface area contributed by atoms with Crippen molar-refractivity contribution < 1.29 is 4.42 Å². The number of hydrogen-bond acceptors (Lipinski definition) is 4. The molecule has 4 nitrogen and oxygen atoms in total. The third-order valence-electron chi connectivity index (χ3n) is 1.70. The zero-order valence-electron chi connectivity index (χ0n) is 8.50. The molecule has 1 aromatic heterocycles. The highest BCUT2D eigenvalue weighted by Crippen LogP contribution is 2.00. The maximum Gasteiger partial charge on any atom is 0.217 e. The van der Waals surface area contributed by atoms with Crippen LogP contribution in [0.2, 0.25) is 0 Å². The highest BCUT2D eigenvalue weighted by molar-refractivity contribution is 4.81. The van der Waals surface area contributed by atoms with Gasteiger partial charge in [-0.25, -0.2) is 0 Å². The fourth-order valence-electron chi connectivity index (χ4n) is 1.00. The standard InChI is InChI=1S/C9H17N3O/c1-4-8-11-12-9(13-8)5-6-10-7(2)3/h7,10H,4-6H2,1-3H3. The summed E-state index contributed by atoms with van der Waals surface area (Å²) in [5.41, 5.74) is 0. The second kappa shape index (κ2) is 4.97. The first-order valence-corrected chi connectivity index (χ1v) is 4.77. The van der Waals surface area contributed by atoms with Crippen molar-refractivity contribution in [2.24, 2.45) is 0 Å². The Bertz CT molecular complexity index is 245. The van der Waals surface area contributed by atoms with Crippen molar-refractivity contribution in [3.8, 4) is 0 Å². The lowest BCUT2D eigenvalue weighted by molar-refractivity contribution is 0.443. The van der Waals surface area contributed by atoms with Crippen LogP contribution in [0.25, 0.3) is 0 Å². The summed E-state index contributed by atoms with van der Waals surface area (Å²) in [7, 11) is 0. The molecule has 0 bridgehead atoms. The van der Waals surface area contributed by atoms with E-state index in [2.05, 4.69) is 29.4 Å². The van der Waals surface area contributed by atoms with Crippen LogP contribution in [-0.4, -0.2) is 22.8 Å². The van der Waals surface area contributed by atoms with Gasteiger partial charge in [0.25, 0.3) is 0 Å². The van der Waals surface area contributed by atoms with E-state index in [4.69, 9.17) is 4.42 Å². The third kappa shape index (κ3) is 3.55. The molecule has 0 radical (unpaired) electrons. The molecule has 0 aliphatic carbocycles. The quantitative estimate of drug-likeness (QED) is 0.744. The van der Waals surface area contributed by atoms with Gasteiger partial charge >= 0.3 is 0 Å². The van der Waals surface area contributed by atoms with Gasteiger partial charge in [-0.2, -0.15) is 0 Å². The van der Waals surface area contributed by atoms with Crippen LogP contribution in [0, 0.1) is 0 Å². The van der Waals surface area contributed by atoms with Gasteiger partial charge in [0.15, 0.2) is 0 Å². The first-order chi connectivity index (χ1) is 6.22. The second-order valence-corrected chi connectivity index (χ2v) is 3.30. The molecule has 0 unspecified atom stereocenters. The zero-order valence-corrected chi connectivity index (χ0v) is 8.50. The van der Waals surface area contributed by atoms with Gasteiger partial charge in [-0.1, -0.05) is 20.8 Å². The molecule has 1 aromatic rings. The van der Waals surface area contributed by atoms with Gasteiger partial charge < -0.3 is 9.73 Å². The molecular weight excluding hydrogens is 166 g/mol. The molecule has 0 aromatic carbocycles. The first-order valence-electron chi connectivity index (χ1n) is 4.77. The summed E-state index contributed by atoms with van der Waals surface area (Å²) in [6.45, 7) is 7.13. The topological polar surface area (TPSA) is 51.0 Å². The Morgan fingerprint density at radius 3 is 2.54 bits per heavy atom. The molecule has 4 heteroatoms. The highest BCUT2D eigenvalue weighted by Gasteiger charge is 2.03. The largest absolute Gasteiger partial charge is 0.425 e. The van der Waals surface area contributed by atoms with Crippen molar-refractivity contribution >= 4 is 0 Å². The molecular formula is C9H17N3O. The molecule has 1 rings (SSSR count). The summed E-state index contributed by atoms with van der Waals surface area (Å²) in [6.07, 6.45) is 1.62. The van der Waals surface area contributed by atoms with E-state index in [9.17, 15) is 0 Å². The van der Waals surface area contributed by atoms with E-state index >= 15 is 0 Å². The Morgan fingerprint density at radius 1 is 1.31 bits per heavy atom. The van der Waals surface area contributed by atoms with E-state index < -0.39 is 0 Å². The normalized spacial score (nSPS) is 11.1. The fraction of sp³-hybridized carbons (Fsp3) is 0.778. The minimum absolute atomic E-state index is 0.508. The van der Waals surface area contributed by atoms with E-state index in [0.29, 0.717) is 6.04 Å². The van der Waals surface area contributed by atoms with E-state index in [-0.39, 0.29) is 0 Å². The molecule has 1 heterocycles. The molecule has 0 aliphatic rings. The lowest BCUT2D eigenvalue weighted by Crippen LogP contribution is -2.25. The Morgan fingerprint density at radius 2 is 2.00 bits per heavy atom. The Kier molecular flexibility index (Phi) is 3.89. The second-order valence-electron chi connectivity index (χ2n) is 3.30. The number of aryl methyl sites for hydroxylation is 1. The smallest absolute Gasteiger partial charge is 0.217 e. The van der Waals surface area contributed by atoms with Crippen LogP contribution >= 0.6 is 0 Å². The Hall–Kier alpha value is -0.900. The van der Waals surface area contributed by atoms with Gasteiger partial charge in [-0.05, 0) is 0 Å². The molecule has 0 amide bonds. The fourth-order valence-corrected chi connectivity index (χ4v) is 1.00. The predicted octanol–water partition coefficient (Wildman–Crippen LogP) is 1.17. The first kappa shape index (κ1) is 10.2. The van der Waals surface area contributed by atoms with Crippen molar-refractivity contribution in [1.29, 1.82) is 0 Å². The average Bonchev–Trinajstić information content (AvgIpc) is 2.52. The minimum atomic E-state index is 0.508. The van der Waals surface area contributed by atoms with Gasteiger partial charge in [0.1, 0.15) is 0 Å². The number of aromatic nitrogens is 2. The van der Waals surface area contributed by atoms with Crippen molar-refractivity contribution in [2.75, 3.05) is 6.54 Å². The number of hydrogen-bond donors (Lipinski definition) is 1. The lowest BCUT2D eigenvalue weighted by atomic mass is 10.3. The summed E-state index contributed by atoms with van der Waals surface area (Å²) in [5.74, 6) is 1.45. The van der Waals surface area contributed by atoms with Crippen molar-refractivity contribution in [2.45, 2.75) is 39.7 Å². The van der Waals surface area contributed by atoms with Crippen molar-refractivity contribution in [3.05, 3.63) is 11.8 Å². The summed E-state index contributed by atoms with van der Waals surface area (Å²) >= 11 is 0. The maximum atomic E-state index is 5.35. The molecule has 74 valence electrons. The summed E-state index contributed by atoms with van der Waals surface area (Å²) in [5, 5.41) is 11.1. The van der Waals surface area contributed by atoms with Gasteiger partial charge in [0.2, 0.25) is 11.8 Å². The number of nitrogens with one attached hydrogen (secondary N) is 1. The number of rotatable bonds is 5. The van der Waals surface area contributed by atoms with Gasteiger partial charge in [0.05, 0.1) is 0 Å². The Labute approximate surface area is 78.7 Å². The van der Waals surface area contributed by atoms with Gasteiger partial charge in [0, 0.05) is 25.4 Å². The molecule has 0 saturated heterocycles. The monoisotopic (exact) mass is 183 g/mol. The van der Waals surface area contributed by atoms with Gasteiger partial charge in [-0.3, -0.25) is 0 Å². The molecule has 1 N–H and O–H groups in total. The maximum absolute atomic E-state index is 5.35. The SMILES string of the molecule is CCc1nnc(CCNC(C)C)o1. The molecule has 0 aliphatic heterocycles. The summed E-state index contributed by atoms with van der Waals surface area (Å²) in [6, 6.07) is 0.508. The highest BCUT2D eigenvalue weighted by atomic mass is 16.4. The average molecular weight is 183 g/mol. The number of nitrogens with zero attached hydrogens (tertiary/aromatic N) is 2. The van der Waals surface area contributed by atoms with Crippen molar-refractivity contribution in [1.82, 2.24) is 15.5 Å². The van der Waals surface area contributed by atoms with Crippen LogP contribution in [0.3, 0.4) is 0 Å². The van der Waals surface area contributed by atoms with Crippen LogP contribution in [0.4, 0.5) is 0 Å². The summed E-state index contributed by atoms with van der Waals surface area (Å²) < 4.78 is 5.35. The van der Waals surface area contributed by atoms with Crippen LogP contribution in [0.15, 0.2) is 4.42 Å². The van der Waals surface area contributed by atoms with Crippen LogP contribution < -0.4 is 5.32 Å². The van der Waals surface area contributed by atoms with Crippen molar-refractivity contribution in [3.63, 3.8) is 0 Å². The summed E-state index contributed by atoms with van der Waals surface area (Å²) in [4.78, 5) is 0. The Balaban J connectivity index is 2.28. The van der Waals surface area contributed by atoms with E-state index in [1.54, 1.807) is 0 Å². The molecule has 0 fully saturated rings. The lowest BCUT2D eigenvalue weighted by Gasteiger charge is -2.04. The van der Waals surface area contributed by atoms with Gasteiger partial charge in [-0.15, -0.1) is 10.2 Å².